The number of alkyl halides is 3. The normalized spacial score (nSPS) is 11.5. The van der Waals surface area contributed by atoms with E-state index in [-0.39, 0.29) is 12.4 Å². The van der Waals surface area contributed by atoms with E-state index in [4.69, 9.17) is 5.73 Å². The summed E-state index contributed by atoms with van der Waals surface area (Å²) in [5.74, 6) is -2.77. The van der Waals surface area contributed by atoms with Crippen molar-refractivity contribution in [3.05, 3.63) is 47.2 Å². The minimum absolute atomic E-state index is 0.0506. The molecule has 0 spiro atoms. The van der Waals surface area contributed by atoms with Crippen LogP contribution in [-0.4, -0.2) is 9.97 Å². The van der Waals surface area contributed by atoms with Crippen LogP contribution >= 0.6 is 0 Å². The van der Waals surface area contributed by atoms with E-state index in [1.807, 2.05) is 0 Å². The van der Waals surface area contributed by atoms with Crippen molar-refractivity contribution in [2.45, 2.75) is 12.7 Å². The molecule has 0 amide bonds. The van der Waals surface area contributed by atoms with Crippen molar-refractivity contribution >= 4 is 11.8 Å². The van der Waals surface area contributed by atoms with E-state index < -0.39 is 29.5 Å². The molecule has 2 aromatic rings. The standard InChI is InChI=1S/C12H9F5N4/c13-7-2-1-6(3-8(7)14)5-19-10-4-9(12(15,16)17)20-11(18)21-10/h1-4H,5H2,(H3,18,19,20,21). The van der Waals surface area contributed by atoms with E-state index in [2.05, 4.69) is 15.3 Å². The van der Waals surface area contributed by atoms with Gasteiger partial charge in [0, 0.05) is 12.6 Å². The largest absolute Gasteiger partial charge is 0.433 e. The third-order valence-corrected chi connectivity index (χ3v) is 2.49. The minimum Gasteiger partial charge on any atom is -0.368 e. The molecule has 21 heavy (non-hydrogen) atoms. The van der Waals surface area contributed by atoms with Gasteiger partial charge in [-0.3, -0.25) is 0 Å². The molecule has 0 radical (unpaired) electrons. The maximum Gasteiger partial charge on any atom is 0.433 e. The van der Waals surface area contributed by atoms with Crippen molar-refractivity contribution in [2.75, 3.05) is 11.1 Å². The quantitative estimate of drug-likeness (QED) is 0.856. The number of nitrogens with zero attached hydrogens (tertiary/aromatic N) is 2. The number of hydrogen-bond donors (Lipinski definition) is 2. The van der Waals surface area contributed by atoms with Crippen LogP contribution in [0.4, 0.5) is 33.7 Å². The Kier molecular flexibility index (Phi) is 3.92. The monoisotopic (exact) mass is 304 g/mol. The molecule has 2 rings (SSSR count). The predicted octanol–water partition coefficient (Wildman–Crippen LogP) is 2.97. The van der Waals surface area contributed by atoms with E-state index in [9.17, 15) is 22.0 Å². The number of nitrogens with two attached hydrogens (primary N) is 1. The topological polar surface area (TPSA) is 63.8 Å². The Balaban J connectivity index is 2.16. The van der Waals surface area contributed by atoms with Gasteiger partial charge in [0.15, 0.2) is 17.3 Å². The number of rotatable bonds is 3. The average molecular weight is 304 g/mol. The fourth-order valence-corrected chi connectivity index (χ4v) is 1.54. The van der Waals surface area contributed by atoms with Gasteiger partial charge in [-0.25, -0.2) is 13.8 Å². The van der Waals surface area contributed by atoms with Crippen molar-refractivity contribution in [3.8, 4) is 0 Å². The molecular weight excluding hydrogens is 295 g/mol. The third-order valence-electron chi connectivity index (χ3n) is 2.49. The fraction of sp³-hybridized carbons (Fsp3) is 0.167. The Bertz CT molecular complexity index is 657. The first-order chi connectivity index (χ1) is 9.75. The molecule has 1 aromatic carbocycles. The molecule has 0 unspecified atom stereocenters. The van der Waals surface area contributed by atoms with Gasteiger partial charge in [0.2, 0.25) is 5.95 Å². The highest BCUT2D eigenvalue weighted by Crippen LogP contribution is 2.29. The smallest absolute Gasteiger partial charge is 0.368 e. The maximum atomic E-state index is 13.0. The third kappa shape index (κ3) is 3.77. The molecule has 9 heteroatoms. The van der Waals surface area contributed by atoms with E-state index in [1.54, 1.807) is 0 Å². The van der Waals surface area contributed by atoms with Gasteiger partial charge in [-0.1, -0.05) is 6.07 Å². The lowest BCUT2D eigenvalue weighted by atomic mass is 10.2. The number of aromatic nitrogens is 2. The molecule has 0 saturated carbocycles. The first-order valence-corrected chi connectivity index (χ1v) is 5.65. The van der Waals surface area contributed by atoms with Gasteiger partial charge >= 0.3 is 6.18 Å². The van der Waals surface area contributed by atoms with Crippen LogP contribution in [0, 0.1) is 11.6 Å². The molecule has 0 aliphatic rings. The summed E-state index contributed by atoms with van der Waals surface area (Å²) < 4.78 is 63.4. The van der Waals surface area contributed by atoms with E-state index >= 15 is 0 Å². The Labute approximate surface area is 115 Å². The molecule has 1 heterocycles. The van der Waals surface area contributed by atoms with Crippen LogP contribution in [0.3, 0.4) is 0 Å². The van der Waals surface area contributed by atoms with Crippen molar-refractivity contribution in [1.29, 1.82) is 0 Å². The number of nitrogens with one attached hydrogen (secondary N) is 1. The molecule has 0 fully saturated rings. The molecule has 0 atom stereocenters. The minimum atomic E-state index is -4.66. The second-order valence-corrected chi connectivity index (χ2v) is 4.10. The van der Waals surface area contributed by atoms with Gasteiger partial charge in [0.25, 0.3) is 0 Å². The van der Waals surface area contributed by atoms with E-state index in [1.165, 1.54) is 6.07 Å². The van der Waals surface area contributed by atoms with Crippen LogP contribution in [0.25, 0.3) is 0 Å². The molecule has 4 nitrogen and oxygen atoms in total. The molecule has 0 aliphatic heterocycles. The summed E-state index contributed by atoms with van der Waals surface area (Å²) in [6.45, 7) is -0.0506. The van der Waals surface area contributed by atoms with Crippen LogP contribution in [0.15, 0.2) is 24.3 Å². The highest BCUT2D eigenvalue weighted by Gasteiger charge is 2.33. The van der Waals surface area contributed by atoms with Crippen molar-refractivity contribution in [3.63, 3.8) is 0 Å². The first kappa shape index (κ1) is 14.9. The molecular formula is C12H9F5N4. The van der Waals surface area contributed by atoms with Crippen LogP contribution in [0.1, 0.15) is 11.3 Å². The molecule has 112 valence electrons. The summed E-state index contributed by atoms with van der Waals surface area (Å²) in [5.41, 5.74) is 4.34. The fourth-order valence-electron chi connectivity index (χ4n) is 1.54. The van der Waals surface area contributed by atoms with Gasteiger partial charge in [-0.05, 0) is 17.7 Å². The number of hydrogen-bond acceptors (Lipinski definition) is 4. The zero-order valence-electron chi connectivity index (χ0n) is 10.4. The van der Waals surface area contributed by atoms with Crippen LogP contribution in [-0.2, 0) is 12.7 Å². The number of halogens is 5. The second-order valence-electron chi connectivity index (χ2n) is 4.10. The van der Waals surface area contributed by atoms with E-state index in [0.717, 1.165) is 12.1 Å². The Morgan fingerprint density at radius 2 is 1.76 bits per heavy atom. The predicted molar refractivity (Wildman–Crippen MR) is 65.1 cm³/mol. The highest BCUT2D eigenvalue weighted by atomic mass is 19.4. The summed E-state index contributed by atoms with van der Waals surface area (Å²) in [6, 6.07) is 3.82. The number of nitrogen functional groups attached to an aromatic ring is 1. The molecule has 0 saturated heterocycles. The zero-order chi connectivity index (χ0) is 15.6. The SMILES string of the molecule is Nc1nc(NCc2ccc(F)c(F)c2)cc(C(F)(F)F)n1. The van der Waals surface area contributed by atoms with Gasteiger partial charge in [0.05, 0.1) is 0 Å². The molecule has 1 aromatic heterocycles. The van der Waals surface area contributed by atoms with E-state index in [0.29, 0.717) is 11.6 Å². The maximum absolute atomic E-state index is 13.0. The average Bonchev–Trinajstić information content (AvgIpc) is 2.38. The van der Waals surface area contributed by atoms with Gasteiger partial charge < -0.3 is 11.1 Å². The summed E-state index contributed by atoms with van der Waals surface area (Å²) in [6.07, 6.45) is -4.66. The Morgan fingerprint density at radius 1 is 1.05 bits per heavy atom. The lowest BCUT2D eigenvalue weighted by molar-refractivity contribution is -0.141. The first-order valence-electron chi connectivity index (χ1n) is 5.65. The lowest BCUT2D eigenvalue weighted by Gasteiger charge is -2.10. The summed E-state index contributed by atoms with van der Waals surface area (Å²) >= 11 is 0. The molecule has 0 bridgehead atoms. The van der Waals surface area contributed by atoms with Crippen LogP contribution in [0.5, 0.6) is 0 Å². The molecule has 0 aliphatic carbocycles. The van der Waals surface area contributed by atoms with Gasteiger partial charge in [0.1, 0.15) is 5.82 Å². The number of anilines is 2. The summed E-state index contributed by atoms with van der Waals surface area (Å²) in [7, 11) is 0. The summed E-state index contributed by atoms with van der Waals surface area (Å²) in [4.78, 5) is 6.67. The lowest BCUT2D eigenvalue weighted by Crippen LogP contribution is -2.13. The Hall–Kier alpha value is -2.45. The summed E-state index contributed by atoms with van der Waals surface area (Å²) in [5, 5.41) is 2.54. The second kappa shape index (κ2) is 5.51. The highest BCUT2D eigenvalue weighted by molar-refractivity contribution is 5.42. The molecule has 3 N–H and O–H groups in total. The van der Waals surface area contributed by atoms with Gasteiger partial charge in [-0.2, -0.15) is 18.2 Å². The number of benzene rings is 1. The van der Waals surface area contributed by atoms with Crippen LogP contribution in [0.2, 0.25) is 0 Å². The van der Waals surface area contributed by atoms with Crippen molar-refractivity contribution in [2.24, 2.45) is 0 Å². The van der Waals surface area contributed by atoms with Crippen molar-refractivity contribution < 1.29 is 22.0 Å². The van der Waals surface area contributed by atoms with Crippen molar-refractivity contribution in [1.82, 2.24) is 9.97 Å². The Morgan fingerprint density at radius 3 is 2.38 bits per heavy atom. The van der Waals surface area contributed by atoms with Gasteiger partial charge in [-0.15, -0.1) is 0 Å². The van der Waals surface area contributed by atoms with Crippen LogP contribution < -0.4 is 11.1 Å². The zero-order valence-corrected chi connectivity index (χ0v) is 10.4.